The fraction of sp³-hybridized carbons (Fsp3) is 0.636. The van der Waals surface area contributed by atoms with Crippen molar-refractivity contribution in [2.45, 2.75) is 27.7 Å². The Balaban J connectivity index is 2.73. The molecule has 84 valence electrons. The highest BCUT2D eigenvalue weighted by molar-refractivity contribution is 5.92. The van der Waals surface area contributed by atoms with Crippen molar-refractivity contribution >= 4 is 5.91 Å². The molecule has 0 aliphatic carbocycles. The minimum atomic E-state index is -0.0527. The summed E-state index contributed by atoms with van der Waals surface area (Å²) in [5.41, 5.74) is 0.398. The predicted octanol–water partition coefficient (Wildman–Crippen LogP) is 2.10. The van der Waals surface area contributed by atoms with Crippen LogP contribution in [0.25, 0.3) is 0 Å². The number of carbonyl (C=O) groups is 1. The van der Waals surface area contributed by atoms with E-state index in [0.717, 1.165) is 6.54 Å². The summed E-state index contributed by atoms with van der Waals surface area (Å²) in [4.78, 5) is 13.7. The van der Waals surface area contributed by atoms with Gasteiger partial charge >= 0.3 is 0 Å². The van der Waals surface area contributed by atoms with Gasteiger partial charge in [-0.25, -0.2) is 0 Å². The van der Waals surface area contributed by atoms with E-state index in [4.69, 9.17) is 4.52 Å². The normalized spacial score (nSPS) is 10.7. The first-order chi connectivity index (χ1) is 7.04. The molecule has 4 nitrogen and oxygen atoms in total. The van der Waals surface area contributed by atoms with Gasteiger partial charge in [-0.3, -0.25) is 4.79 Å². The monoisotopic (exact) mass is 210 g/mol. The number of hydrogen-bond acceptors (Lipinski definition) is 3. The first-order valence-corrected chi connectivity index (χ1v) is 5.27. The van der Waals surface area contributed by atoms with E-state index in [1.165, 1.54) is 0 Å². The number of amides is 1. The first kappa shape index (κ1) is 11.8. The molecule has 0 fully saturated rings. The first-order valence-electron chi connectivity index (χ1n) is 5.27. The maximum atomic E-state index is 11.9. The second-order valence-corrected chi connectivity index (χ2v) is 4.06. The topological polar surface area (TPSA) is 46.3 Å². The van der Waals surface area contributed by atoms with Gasteiger partial charge in [0.15, 0.2) is 5.69 Å². The molecule has 0 aliphatic heterocycles. The SMILES string of the molecule is CCN(CC(C)C)C(=O)c1cc(C)on1. The standard InChI is InChI=1S/C11H18N2O2/c1-5-13(7-8(2)3)11(14)10-6-9(4)15-12-10/h6,8H,5,7H2,1-4H3. The molecule has 0 saturated heterocycles. The minimum absolute atomic E-state index is 0.0527. The molecule has 15 heavy (non-hydrogen) atoms. The number of hydrogen-bond donors (Lipinski definition) is 0. The maximum Gasteiger partial charge on any atom is 0.276 e. The largest absolute Gasteiger partial charge is 0.361 e. The fourth-order valence-electron chi connectivity index (χ4n) is 1.43. The van der Waals surface area contributed by atoms with Crippen molar-refractivity contribution < 1.29 is 9.32 Å². The Labute approximate surface area is 90.2 Å². The van der Waals surface area contributed by atoms with Gasteiger partial charge in [0.2, 0.25) is 0 Å². The second kappa shape index (κ2) is 4.96. The highest BCUT2D eigenvalue weighted by atomic mass is 16.5. The summed E-state index contributed by atoms with van der Waals surface area (Å²) < 4.78 is 4.89. The Morgan fingerprint density at radius 1 is 1.60 bits per heavy atom. The third-order valence-corrected chi connectivity index (χ3v) is 2.10. The molecule has 1 aromatic heterocycles. The van der Waals surface area contributed by atoms with Gasteiger partial charge in [-0.15, -0.1) is 0 Å². The highest BCUT2D eigenvalue weighted by Crippen LogP contribution is 2.07. The Morgan fingerprint density at radius 2 is 2.27 bits per heavy atom. The van der Waals surface area contributed by atoms with Crippen molar-refractivity contribution in [3.63, 3.8) is 0 Å². The van der Waals surface area contributed by atoms with Crippen molar-refractivity contribution in [3.05, 3.63) is 17.5 Å². The Bertz CT molecular complexity index is 331. The van der Waals surface area contributed by atoms with E-state index in [1.807, 2.05) is 6.92 Å². The number of aryl methyl sites for hydroxylation is 1. The van der Waals surface area contributed by atoms with Gasteiger partial charge in [0, 0.05) is 19.2 Å². The Hall–Kier alpha value is -1.32. The number of carbonyl (C=O) groups excluding carboxylic acids is 1. The summed E-state index contributed by atoms with van der Waals surface area (Å²) >= 11 is 0. The lowest BCUT2D eigenvalue weighted by Crippen LogP contribution is -2.34. The number of rotatable bonds is 4. The summed E-state index contributed by atoms with van der Waals surface area (Å²) in [6, 6.07) is 1.67. The van der Waals surface area contributed by atoms with Crippen LogP contribution in [0.2, 0.25) is 0 Å². The van der Waals surface area contributed by atoms with Crippen LogP contribution in [0.15, 0.2) is 10.6 Å². The summed E-state index contributed by atoms with van der Waals surface area (Å²) in [5, 5.41) is 3.73. The molecule has 1 aromatic rings. The predicted molar refractivity (Wildman–Crippen MR) is 57.7 cm³/mol. The average Bonchev–Trinajstić information content (AvgIpc) is 2.60. The molecule has 0 aliphatic rings. The van der Waals surface area contributed by atoms with Gasteiger partial charge in [0.25, 0.3) is 5.91 Å². The highest BCUT2D eigenvalue weighted by Gasteiger charge is 2.18. The van der Waals surface area contributed by atoms with E-state index in [2.05, 4.69) is 19.0 Å². The molecule has 1 amide bonds. The lowest BCUT2D eigenvalue weighted by atomic mass is 10.2. The third-order valence-electron chi connectivity index (χ3n) is 2.10. The Kier molecular flexibility index (Phi) is 3.88. The number of nitrogens with zero attached hydrogens (tertiary/aromatic N) is 2. The minimum Gasteiger partial charge on any atom is -0.361 e. The molecule has 0 spiro atoms. The zero-order valence-electron chi connectivity index (χ0n) is 9.78. The van der Waals surface area contributed by atoms with E-state index in [-0.39, 0.29) is 5.91 Å². The molecular weight excluding hydrogens is 192 g/mol. The molecule has 0 bridgehead atoms. The second-order valence-electron chi connectivity index (χ2n) is 4.06. The van der Waals surface area contributed by atoms with Crippen LogP contribution in [0, 0.1) is 12.8 Å². The van der Waals surface area contributed by atoms with E-state index < -0.39 is 0 Å². The molecule has 0 N–H and O–H groups in total. The number of aromatic nitrogens is 1. The molecule has 0 atom stereocenters. The molecule has 0 radical (unpaired) electrons. The lowest BCUT2D eigenvalue weighted by Gasteiger charge is -2.21. The van der Waals surface area contributed by atoms with Gasteiger partial charge in [-0.05, 0) is 19.8 Å². The van der Waals surface area contributed by atoms with Crippen LogP contribution >= 0.6 is 0 Å². The van der Waals surface area contributed by atoms with Crippen LogP contribution in [0.5, 0.6) is 0 Å². The molecule has 1 heterocycles. The van der Waals surface area contributed by atoms with Crippen LogP contribution in [0.4, 0.5) is 0 Å². The van der Waals surface area contributed by atoms with Gasteiger partial charge < -0.3 is 9.42 Å². The van der Waals surface area contributed by atoms with Crippen molar-refractivity contribution in [2.75, 3.05) is 13.1 Å². The van der Waals surface area contributed by atoms with Crippen molar-refractivity contribution in [1.29, 1.82) is 0 Å². The summed E-state index contributed by atoms with van der Waals surface area (Å²) in [6.45, 7) is 9.37. The fourth-order valence-corrected chi connectivity index (χ4v) is 1.43. The average molecular weight is 210 g/mol. The summed E-state index contributed by atoms with van der Waals surface area (Å²) in [5.74, 6) is 1.07. The smallest absolute Gasteiger partial charge is 0.276 e. The van der Waals surface area contributed by atoms with Crippen LogP contribution in [-0.4, -0.2) is 29.1 Å². The molecule has 0 unspecified atom stereocenters. The molecule has 1 rings (SSSR count). The van der Waals surface area contributed by atoms with Crippen LogP contribution < -0.4 is 0 Å². The van der Waals surface area contributed by atoms with Crippen molar-refractivity contribution in [1.82, 2.24) is 10.1 Å². The zero-order chi connectivity index (χ0) is 11.4. The summed E-state index contributed by atoms with van der Waals surface area (Å²) in [6.07, 6.45) is 0. The summed E-state index contributed by atoms with van der Waals surface area (Å²) in [7, 11) is 0. The quantitative estimate of drug-likeness (QED) is 0.764. The van der Waals surface area contributed by atoms with Gasteiger partial charge in [0.1, 0.15) is 5.76 Å². The lowest BCUT2D eigenvalue weighted by molar-refractivity contribution is 0.0735. The zero-order valence-corrected chi connectivity index (χ0v) is 9.78. The van der Waals surface area contributed by atoms with E-state index in [1.54, 1.807) is 17.9 Å². The Morgan fingerprint density at radius 3 is 2.67 bits per heavy atom. The van der Waals surface area contributed by atoms with Gasteiger partial charge in [-0.2, -0.15) is 0 Å². The van der Waals surface area contributed by atoms with Crippen molar-refractivity contribution in [3.8, 4) is 0 Å². The van der Waals surface area contributed by atoms with E-state index in [9.17, 15) is 4.79 Å². The van der Waals surface area contributed by atoms with Crippen LogP contribution in [0.1, 0.15) is 37.0 Å². The molecule has 0 aromatic carbocycles. The van der Waals surface area contributed by atoms with Gasteiger partial charge in [0.05, 0.1) is 0 Å². The van der Waals surface area contributed by atoms with Crippen LogP contribution in [0.3, 0.4) is 0 Å². The van der Waals surface area contributed by atoms with Crippen LogP contribution in [-0.2, 0) is 0 Å². The van der Waals surface area contributed by atoms with Gasteiger partial charge in [-0.1, -0.05) is 19.0 Å². The van der Waals surface area contributed by atoms with E-state index >= 15 is 0 Å². The maximum absolute atomic E-state index is 11.9. The molecular formula is C11H18N2O2. The van der Waals surface area contributed by atoms with Crippen molar-refractivity contribution in [2.24, 2.45) is 5.92 Å². The molecule has 4 heteroatoms. The van der Waals surface area contributed by atoms with E-state index in [0.29, 0.717) is 23.9 Å². The third kappa shape index (κ3) is 3.08. The molecule has 0 saturated carbocycles.